The van der Waals surface area contributed by atoms with Crippen LogP contribution >= 0.6 is 0 Å². The molecule has 0 saturated heterocycles. The summed E-state index contributed by atoms with van der Waals surface area (Å²) in [7, 11) is 0. The van der Waals surface area contributed by atoms with Gasteiger partial charge in [0.15, 0.2) is 5.72 Å². The lowest BCUT2D eigenvalue weighted by Crippen LogP contribution is -2.62. The van der Waals surface area contributed by atoms with Crippen molar-refractivity contribution < 1.29 is 14.8 Å². The highest BCUT2D eigenvalue weighted by Gasteiger charge is 2.59. The fraction of sp³-hybridized carbons (Fsp3) is 0.400. The lowest BCUT2D eigenvalue weighted by atomic mass is 9.74. The summed E-state index contributed by atoms with van der Waals surface area (Å²) in [6.07, 6.45) is 1.39. The van der Waals surface area contributed by atoms with Crippen molar-refractivity contribution in [2.24, 2.45) is 0 Å². The van der Waals surface area contributed by atoms with Crippen LogP contribution in [0.4, 0.5) is 11.4 Å². The van der Waals surface area contributed by atoms with Gasteiger partial charge in [0, 0.05) is 36.3 Å². The summed E-state index contributed by atoms with van der Waals surface area (Å²) < 4.78 is 6.57. The van der Waals surface area contributed by atoms with E-state index >= 15 is 0 Å². The van der Waals surface area contributed by atoms with Crippen LogP contribution in [-0.4, -0.2) is 28.9 Å². The van der Waals surface area contributed by atoms with Crippen LogP contribution in [0.2, 0.25) is 0 Å². The number of benzene rings is 2. The van der Waals surface area contributed by atoms with Gasteiger partial charge >= 0.3 is 0 Å². The third kappa shape index (κ3) is 2.15. The summed E-state index contributed by atoms with van der Waals surface area (Å²) >= 11 is 0. The lowest BCUT2D eigenvalue weighted by Gasteiger charge is -2.49. The van der Waals surface area contributed by atoms with E-state index in [4.69, 9.17) is 4.74 Å². The topological polar surface area (TPSA) is 75.8 Å². The standard InChI is InChI=1S/C20H22N2O4/c1-19(2)16-5-3-4-6-17(16)21(11-12-23)20(19)10-9-14-13-15(22(24)25)7-8-18(14)26-20/h3-8,13,23H,9-12H2,1-2H3. The van der Waals surface area contributed by atoms with Gasteiger partial charge in [-0.1, -0.05) is 18.2 Å². The van der Waals surface area contributed by atoms with Crippen molar-refractivity contribution in [3.8, 4) is 5.75 Å². The van der Waals surface area contributed by atoms with Crippen LogP contribution in [0.5, 0.6) is 5.75 Å². The Morgan fingerprint density at radius 2 is 2.04 bits per heavy atom. The van der Waals surface area contributed by atoms with Gasteiger partial charge in [-0.25, -0.2) is 0 Å². The largest absolute Gasteiger partial charge is 0.467 e. The number of anilines is 1. The average molecular weight is 354 g/mol. The molecular formula is C20H22N2O4. The molecule has 0 bridgehead atoms. The van der Waals surface area contributed by atoms with Gasteiger partial charge in [0.2, 0.25) is 0 Å². The number of nitro benzene ring substituents is 1. The highest BCUT2D eigenvalue weighted by atomic mass is 16.6. The summed E-state index contributed by atoms with van der Waals surface area (Å²) in [6, 6.07) is 13.0. The van der Waals surface area contributed by atoms with Crippen molar-refractivity contribution in [3.63, 3.8) is 0 Å². The molecule has 6 nitrogen and oxygen atoms in total. The molecule has 2 aromatic rings. The smallest absolute Gasteiger partial charge is 0.269 e. The quantitative estimate of drug-likeness (QED) is 0.675. The zero-order valence-electron chi connectivity index (χ0n) is 14.9. The van der Waals surface area contributed by atoms with Gasteiger partial charge < -0.3 is 14.7 Å². The SMILES string of the molecule is CC1(C)c2ccccc2N(CCO)C12CCc1cc([N+](=O)[O-])ccc1O2. The molecule has 0 fully saturated rings. The van der Waals surface area contributed by atoms with E-state index in [1.54, 1.807) is 12.1 Å². The first-order valence-electron chi connectivity index (χ1n) is 8.85. The summed E-state index contributed by atoms with van der Waals surface area (Å²) in [5.41, 5.74) is 2.31. The van der Waals surface area contributed by atoms with Crippen LogP contribution in [0.3, 0.4) is 0 Å². The number of nitrogens with zero attached hydrogens (tertiary/aromatic N) is 2. The van der Waals surface area contributed by atoms with Crippen LogP contribution in [0.15, 0.2) is 42.5 Å². The monoisotopic (exact) mass is 354 g/mol. The molecular weight excluding hydrogens is 332 g/mol. The van der Waals surface area contributed by atoms with Gasteiger partial charge in [-0.15, -0.1) is 0 Å². The minimum atomic E-state index is -0.622. The molecule has 1 N–H and O–H groups in total. The third-order valence-electron chi connectivity index (χ3n) is 5.87. The number of β-amino-alcohol motifs (C(OH)–C–C–N with tert-alkyl or cyclic N) is 1. The zero-order valence-corrected chi connectivity index (χ0v) is 14.9. The zero-order chi connectivity index (χ0) is 18.5. The van der Waals surface area contributed by atoms with Crippen LogP contribution in [-0.2, 0) is 11.8 Å². The number of aliphatic hydroxyl groups is 1. The number of ether oxygens (including phenoxy) is 1. The minimum absolute atomic E-state index is 0.0304. The molecule has 2 heterocycles. The molecule has 0 aromatic heterocycles. The van der Waals surface area contributed by atoms with Crippen molar-refractivity contribution in [2.45, 2.75) is 37.8 Å². The summed E-state index contributed by atoms with van der Waals surface area (Å²) in [4.78, 5) is 12.8. The first-order valence-corrected chi connectivity index (χ1v) is 8.85. The number of para-hydroxylation sites is 1. The molecule has 1 atom stereocenters. The van der Waals surface area contributed by atoms with Crippen molar-refractivity contribution in [3.05, 3.63) is 63.7 Å². The van der Waals surface area contributed by atoms with Gasteiger partial charge in [-0.3, -0.25) is 10.1 Å². The van der Waals surface area contributed by atoms with E-state index in [1.807, 2.05) is 12.1 Å². The van der Waals surface area contributed by atoms with E-state index in [-0.39, 0.29) is 22.6 Å². The number of non-ortho nitro benzene ring substituents is 1. The number of aryl methyl sites for hydroxylation is 1. The number of rotatable bonds is 3. The molecule has 0 radical (unpaired) electrons. The molecule has 2 aliphatic rings. The van der Waals surface area contributed by atoms with E-state index in [2.05, 4.69) is 30.9 Å². The predicted molar refractivity (Wildman–Crippen MR) is 98.7 cm³/mol. The predicted octanol–water partition coefficient (Wildman–Crippen LogP) is 3.41. The number of nitro groups is 1. The maximum atomic E-state index is 11.1. The Hall–Kier alpha value is -2.60. The Balaban J connectivity index is 1.82. The highest BCUT2D eigenvalue weighted by molar-refractivity contribution is 5.66. The van der Waals surface area contributed by atoms with Crippen molar-refractivity contribution in [1.82, 2.24) is 0 Å². The van der Waals surface area contributed by atoms with Crippen LogP contribution in [0.25, 0.3) is 0 Å². The van der Waals surface area contributed by atoms with E-state index < -0.39 is 5.72 Å². The van der Waals surface area contributed by atoms with Gasteiger partial charge in [0.25, 0.3) is 5.69 Å². The Bertz CT molecular complexity index is 880. The molecule has 0 amide bonds. The second-order valence-corrected chi connectivity index (χ2v) is 7.45. The summed E-state index contributed by atoms with van der Waals surface area (Å²) in [6.45, 7) is 4.84. The molecule has 4 rings (SSSR count). The number of hydrogen-bond acceptors (Lipinski definition) is 5. The minimum Gasteiger partial charge on any atom is -0.467 e. The Kier molecular flexibility index (Phi) is 3.70. The summed E-state index contributed by atoms with van der Waals surface area (Å²) in [5.74, 6) is 0.686. The average Bonchev–Trinajstić information content (AvgIpc) is 2.81. The third-order valence-corrected chi connectivity index (χ3v) is 5.87. The lowest BCUT2D eigenvalue weighted by molar-refractivity contribution is -0.385. The molecule has 1 spiro atoms. The first-order chi connectivity index (χ1) is 12.4. The number of aliphatic hydroxyl groups excluding tert-OH is 1. The molecule has 6 heteroatoms. The second-order valence-electron chi connectivity index (χ2n) is 7.45. The normalized spacial score (nSPS) is 22.7. The van der Waals surface area contributed by atoms with E-state index in [0.717, 1.165) is 11.3 Å². The summed E-state index contributed by atoms with van der Waals surface area (Å²) in [5, 5.41) is 20.7. The van der Waals surface area contributed by atoms with Crippen molar-refractivity contribution in [2.75, 3.05) is 18.1 Å². The molecule has 1 unspecified atom stereocenters. The van der Waals surface area contributed by atoms with Crippen LogP contribution < -0.4 is 9.64 Å². The molecule has 26 heavy (non-hydrogen) atoms. The van der Waals surface area contributed by atoms with Crippen LogP contribution in [0, 0.1) is 10.1 Å². The fourth-order valence-electron chi connectivity index (χ4n) is 4.52. The van der Waals surface area contributed by atoms with Gasteiger partial charge in [0.1, 0.15) is 5.75 Å². The van der Waals surface area contributed by atoms with E-state index in [0.29, 0.717) is 25.1 Å². The molecule has 2 aromatic carbocycles. The maximum absolute atomic E-state index is 11.1. The Labute approximate surface area is 152 Å². The number of fused-ring (bicyclic) bond motifs is 2. The molecule has 0 aliphatic carbocycles. The Morgan fingerprint density at radius 3 is 2.77 bits per heavy atom. The first kappa shape index (κ1) is 16.8. The van der Waals surface area contributed by atoms with Gasteiger partial charge in [0.05, 0.1) is 16.9 Å². The van der Waals surface area contributed by atoms with Gasteiger partial charge in [-0.05, 0) is 38.0 Å². The van der Waals surface area contributed by atoms with E-state index in [9.17, 15) is 15.2 Å². The molecule has 0 saturated carbocycles. The molecule has 136 valence electrons. The van der Waals surface area contributed by atoms with E-state index in [1.165, 1.54) is 11.6 Å². The Morgan fingerprint density at radius 1 is 1.27 bits per heavy atom. The molecule has 2 aliphatic heterocycles. The van der Waals surface area contributed by atoms with Gasteiger partial charge in [-0.2, -0.15) is 0 Å². The van der Waals surface area contributed by atoms with Crippen molar-refractivity contribution in [1.29, 1.82) is 0 Å². The van der Waals surface area contributed by atoms with Crippen LogP contribution in [0.1, 0.15) is 31.4 Å². The fourth-order valence-corrected chi connectivity index (χ4v) is 4.52. The van der Waals surface area contributed by atoms with Crippen molar-refractivity contribution >= 4 is 11.4 Å². The highest BCUT2D eigenvalue weighted by Crippen LogP contribution is 2.56. The second kappa shape index (κ2) is 5.71. The maximum Gasteiger partial charge on any atom is 0.269 e. The number of hydrogen-bond donors (Lipinski definition) is 1.